The number of aliphatic hydroxyl groups is 1. The molecule has 0 radical (unpaired) electrons. The van der Waals surface area contributed by atoms with E-state index in [9.17, 15) is 9.90 Å². The molecule has 0 spiro atoms. The van der Waals surface area contributed by atoms with Gasteiger partial charge in [0.1, 0.15) is 11.5 Å². The second kappa shape index (κ2) is 10.4. The predicted octanol–water partition coefficient (Wildman–Crippen LogP) is 4.34. The highest BCUT2D eigenvalue weighted by atomic mass is 16.5. The van der Waals surface area contributed by atoms with E-state index in [0.29, 0.717) is 36.8 Å². The van der Waals surface area contributed by atoms with Crippen molar-refractivity contribution in [2.24, 2.45) is 0 Å². The van der Waals surface area contributed by atoms with Gasteiger partial charge < -0.3 is 19.0 Å². The SMILES string of the molecule is CCOC(=O)C=Cc1ccc(OCCc2nc(-c3ccccc3)oc2C)cc1CO. The Morgan fingerprint density at radius 2 is 2.00 bits per heavy atom. The van der Waals surface area contributed by atoms with Crippen LogP contribution in [-0.2, 0) is 22.6 Å². The van der Waals surface area contributed by atoms with Crippen molar-refractivity contribution >= 4 is 12.0 Å². The Hall–Kier alpha value is -3.38. The molecule has 6 nitrogen and oxygen atoms in total. The van der Waals surface area contributed by atoms with E-state index in [1.165, 1.54) is 6.08 Å². The van der Waals surface area contributed by atoms with Crippen molar-refractivity contribution in [1.82, 2.24) is 4.98 Å². The van der Waals surface area contributed by atoms with Crippen molar-refractivity contribution in [1.29, 1.82) is 0 Å². The number of aromatic nitrogens is 1. The van der Waals surface area contributed by atoms with Gasteiger partial charge in [-0.05, 0) is 55.3 Å². The van der Waals surface area contributed by atoms with Crippen molar-refractivity contribution in [2.45, 2.75) is 26.9 Å². The molecule has 0 bridgehead atoms. The zero-order valence-corrected chi connectivity index (χ0v) is 17.1. The lowest BCUT2D eigenvalue weighted by atomic mass is 10.1. The third-order valence-corrected chi connectivity index (χ3v) is 4.49. The van der Waals surface area contributed by atoms with Crippen LogP contribution in [0.2, 0.25) is 0 Å². The molecule has 0 unspecified atom stereocenters. The van der Waals surface area contributed by atoms with Crippen molar-refractivity contribution in [3.63, 3.8) is 0 Å². The lowest BCUT2D eigenvalue weighted by Crippen LogP contribution is -2.03. The molecule has 6 heteroatoms. The number of aliphatic hydroxyl groups excluding tert-OH is 1. The molecule has 30 heavy (non-hydrogen) atoms. The average molecular weight is 407 g/mol. The number of nitrogens with zero attached hydrogens (tertiary/aromatic N) is 1. The number of ether oxygens (including phenoxy) is 2. The number of carbonyl (C=O) groups is 1. The number of hydrogen-bond donors (Lipinski definition) is 1. The fraction of sp³-hybridized carbons (Fsp3) is 0.250. The van der Waals surface area contributed by atoms with Crippen LogP contribution in [0, 0.1) is 6.92 Å². The van der Waals surface area contributed by atoms with Crippen LogP contribution in [0.4, 0.5) is 0 Å². The number of rotatable bonds is 9. The first-order chi connectivity index (χ1) is 14.6. The van der Waals surface area contributed by atoms with Gasteiger partial charge in [0, 0.05) is 18.1 Å². The van der Waals surface area contributed by atoms with E-state index in [1.807, 2.05) is 37.3 Å². The van der Waals surface area contributed by atoms with Crippen LogP contribution in [0.5, 0.6) is 5.75 Å². The van der Waals surface area contributed by atoms with Crippen molar-refractivity contribution < 1.29 is 23.8 Å². The molecule has 0 saturated heterocycles. The highest BCUT2D eigenvalue weighted by molar-refractivity contribution is 5.87. The minimum Gasteiger partial charge on any atom is -0.493 e. The number of carbonyl (C=O) groups excluding carboxylic acids is 1. The molecule has 0 aliphatic carbocycles. The van der Waals surface area contributed by atoms with Gasteiger partial charge in [-0.1, -0.05) is 24.3 Å². The molecule has 1 aromatic heterocycles. The number of esters is 1. The fourth-order valence-electron chi connectivity index (χ4n) is 2.95. The largest absolute Gasteiger partial charge is 0.493 e. The van der Waals surface area contributed by atoms with Crippen LogP contribution in [0.1, 0.15) is 29.5 Å². The molecule has 2 aromatic carbocycles. The molecule has 0 amide bonds. The van der Waals surface area contributed by atoms with E-state index in [1.54, 1.807) is 31.2 Å². The van der Waals surface area contributed by atoms with Crippen LogP contribution in [0.3, 0.4) is 0 Å². The van der Waals surface area contributed by atoms with Crippen LogP contribution in [0.15, 0.2) is 59.0 Å². The van der Waals surface area contributed by atoms with E-state index in [-0.39, 0.29) is 6.61 Å². The summed E-state index contributed by atoms with van der Waals surface area (Å²) in [6.07, 6.45) is 3.56. The van der Waals surface area contributed by atoms with Crippen LogP contribution < -0.4 is 4.74 Å². The standard InChI is InChI=1S/C24H25NO5/c1-3-28-23(27)12-10-18-9-11-21(15-20(18)16-26)29-14-13-22-17(2)30-24(25-22)19-7-5-4-6-8-19/h4-12,15,26H,3,13-14,16H2,1-2H3. The predicted molar refractivity (Wildman–Crippen MR) is 114 cm³/mol. The van der Waals surface area contributed by atoms with Crippen LogP contribution >= 0.6 is 0 Å². The first-order valence-electron chi connectivity index (χ1n) is 9.84. The molecule has 3 rings (SSSR count). The Morgan fingerprint density at radius 1 is 1.20 bits per heavy atom. The Labute approximate surface area is 175 Å². The van der Waals surface area contributed by atoms with Gasteiger partial charge in [-0.25, -0.2) is 9.78 Å². The average Bonchev–Trinajstić information content (AvgIpc) is 3.14. The summed E-state index contributed by atoms with van der Waals surface area (Å²) in [5.41, 5.74) is 3.19. The summed E-state index contributed by atoms with van der Waals surface area (Å²) in [6.45, 7) is 4.22. The Balaban J connectivity index is 1.61. The highest BCUT2D eigenvalue weighted by Gasteiger charge is 2.11. The van der Waals surface area contributed by atoms with Gasteiger partial charge in [-0.3, -0.25) is 0 Å². The van der Waals surface area contributed by atoms with Gasteiger partial charge in [0.15, 0.2) is 0 Å². The molecule has 0 saturated carbocycles. The summed E-state index contributed by atoms with van der Waals surface area (Å²) in [6, 6.07) is 15.1. The smallest absolute Gasteiger partial charge is 0.330 e. The van der Waals surface area contributed by atoms with Gasteiger partial charge in [0.25, 0.3) is 0 Å². The van der Waals surface area contributed by atoms with Gasteiger partial charge in [-0.2, -0.15) is 0 Å². The third kappa shape index (κ3) is 5.58. The van der Waals surface area contributed by atoms with E-state index >= 15 is 0 Å². The molecule has 3 aromatic rings. The quantitative estimate of drug-likeness (QED) is 0.420. The first-order valence-corrected chi connectivity index (χ1v) is 9.84. The number of benzene rings is 2. The molecule has 156 valence electrons. The second-order valence-corrected chi connectivity index (χ2v) is 6.59. The summed E-state index contributed by atoms with van der Waals surface area (Å²) in [5.74, 6) is 1.59. The number of oxazole rings is 1. The molecule has 1 N–H and O–H groups in total. The van der Waals surface area contributed by atoms with E-state index in [4.69, 9.17) is 13.9 Å². The lowest BCUT2D eigenvalue weighted by molar-refractivity contribution is -0.137. The zero-order valence-electron chi connectivity index (χ0n) is 17.1. The number of hydrogen-bond acceptors (Lipinski definition) is 6. The first kappa shape index (κ1) is 21.3. The van der Waals surface area contributed by atoms with Gasteiger partial charge in [0.2, 0.25) is 5.89 Å². The summed E-state index contributed by atoms with van der Waals surface area (Å²) >= 11 is 0. The maximum atomic E-state index is 11.5. The maximum absolute atomic E-state index is 11.5. The van der Waals surface area contributed by atoms with Gasteiger partial charge >= 0.3 is 5.97 Å². The van der Waals surface area contributed by atoms with Crippen LogP contribution in [-0.4, -0.2) is 29.3 Å². The fourth-order valence-corrected chi connectivity index (χ4v) is 2.95. The molecular weight excluding hydrogens is 382 g/mol. The Bertz CT molecular complexity index is 1010. The summed E-state index contributed by atoms with van der Waals surface area (Å²) in [7, 11) is 0. The summed E-state index contributed by atoms with van der Waals surface area (Å²) in [5, 5.41) is 9.63. The normalized spacial score (nSPS) is 11.0. The minimum atomic E-state index is -0.417. The van der Waals surface area contributed by atoms with Gasteiger partial charge in [0.05, 0.1) is 25.5 Å². The number of aryl methyl sites for hydroxylation is 1. The Morgan fingerprint density at radius 3 is 2.73 bits per heavy atom. The Kier molecular flexibility index (Phi) is 7.40. The van der Waals surface area contributed by atoms with Crippen molar-refractivity contribution in [3.05, 3.63) is 77.2 Å². The molecular formula is C24H25NO5. The minimum absolute atomic E-state index is 0.164. The monoisotopic (exact) mass is 407 g/mol. The maximum Gasteiger partial charge on any atom is 0.330 e. The topological polar surface area (TPSA) is 81.8 Å². The zero-order chi connectivity index (χ0) is 21.3. The molecule has 0 atom stereocenters. The lowest BCUT2D eigenvalue weighted by Gasteiger charge is -2.09. The van der Waals surface area contributed by atoms with E-state index in [0.717, 1.165) is 22.6 Å². The third-order valence-electron chi connectivity index (χ3n) is 4.49. The highest BCUT2D eigenvalue weighted by Crippen LogP contribution is 2.23. The molecule has 0 fully saturated rings. The van der Waals surface area contributed by atoms with Gasteiger partial charge in [-0.15, -0.1) is 0 Å². The molecule has 1 heterocycles. The summed E-state index contributed by atoms with van der Waals surface area (Å²) < 4.78 is 16.5. The van der Waals surface area contributed by atoms with E-state index < -0.39 is 5.97 Å². The molecule has 0 aliphatic rings. The van der Waals surface area contributed by atoms with Crippen molar-refractivity contribution in [3.8, 4) is 17.2 Å². The van der Waals surface area contributed by atoms with Crippen molar-refractivity contribution in [2.75, 3.05) is 13.2 Å². The van der Waals surface area contributed by atoms with E-state index in [2.05, 4.69) is 4.98 Å². The second-order valence-electron chi connectivity index (χ2n) is 6.59. The summed E-state index contributed by atoms with van der Waals surface area (Å²) in [4.78, 5) is 16.0. The van der Waals surface area contributed by atoms with Crippen LogP contribution in [0.25, 0.3) is 17.5 Å². The molecule has 0 aliphatic heterocycles.